The number of thiazole rings is 1. The van der Waals surface area contributed by atoms with Gasteiger partial charge in [0.05, 0.1) is 17.5 Å². The van der Waals surface area contributed by atoms with Gasteiger partial charge < -0.3 is 9.84 Å². The average molecular weight is 357 g/mol. The highest BCUT2D eigenvalue weighted by atomic mass is 32.2. The van der Waals surface area contributed by atoms with Gasteiger partial charge in [0.15, 0.2) is 0 Å². The lowest BCUT2D eigenvalue weighted by Gasteiger charge is -2.14. The van der Waals surface area contributed by atoms with Crippen LogP contribution in [-0.2, 0) is 5.75 Å². The van der Waals surface area contributed by atoms with Crippen molar-refractivity contribution >= 4 is 29.1 Å². The van der Waals surface area contributed by atoms with Crippen molar-refractivity contribution in [1.82, 2.24) is 4.98 Å². The summed E-state index contributed by atoms with van der Waals surface area (Å²) in [6, 6.07) is 13.7. The van der Waals surface area contributed by atoms with E-state index in [9.17, 15) is 9.90 Å². The van der Waals surface area contributed by atoms with E-state index >= 15 is 0 Å². The van der Waals surface area contributed by atoms with Crippen LogP contribution < -0.4 is 4.74 Å². The van der Waals surface area contributed by atoms with Crippen LogP contribution in [0.25, 0.3) is 10.4 Å². The molecule has 122 valence electrons. The van der Waals surface area contributed by atoms with Gasteiger partial charge in [-0.1, -0.05) is 24.3 Å². The normalized spacial score (nSPS) is 10.5. The van der Waals surface area contributed by atoms with Gasteiger partial charge in [0.2, 0.25) is 0 Å². The Kier molecular flexibility index (Phi) is 5.17. The highest BCUT2D eigenvalue weighted by molar-refractivity contribution is 7.98. The summed E-state index contributed by atoms with van der Waals surface area (Å²) in [6.45, 7) is 0. The maximum absolute atomic E-state index is 11.8. The first-order valence-electron chi connectivity index (χ1n) is 7.20. The number of thioether (sulfide) groups is 1. The van der Waals surface area contributed by atoms with E-state index in [1.54, 1.807) is 23.5 Å². The van der Waals surface area contributed by atoms with Crippen LogP contribution >= 0.6 is 23.1 Å². The molecule has 0 spiro atoms. The summed E-state index contributed by atoms with van der Waals surface area (Å²) < 4.78 is 5.44. The van der Waals surface area contributed by atoms with Crippen LogP contribution in [0.1, 0.15) is 15.9 Å². The molecule has 24 heavy (non-hydrogen) atoms. The molecule has 0 aliphatic heterocycles. The zero-order chi connectivity index (χ0) is 16.9. The predicted molar refractivity (Wildman–Crippen MR) is 97.1 cm³/mol. The summed E-state index contributed by atoms with van der Waals surface area (Å²) in [5.41, 5.74) is 3.42. The SMILES string of the molecule is COc1c(-c2cncs2)ccc(CSc2ccccc2)c1C(=O)O. The van der Waals surface area contributed by atoms with Gasteiger partial charge in [-0.05, 0) is 23.8 Å². The van der Waals surface area contributed by atoms with E-state index in [0.717, 1.165) is 20.9 Å². The molecule has 0 aliphatic carbocycles. The fraction of sp³-hybridized carbons (Fsp3) is 0.111. The Bertz CT molecular complexity index is 833. The van der Waals surface area contributed by atoms with Gasteiger partial charge in [-0.3, -0.25) is 4.98 Å². The Hall–Kier alpha value is -2.31. The smallest absolute Gasteiger partial charge is 0.339 e. The molecule has 0 saturated heterocycles. The third-order valence-electron chi connectivity index (χ3n) is 3.50. The van der Waals surface area contributed by atoms with Crippen molar-refractivity contribution in [3.05, 3.63) is 65.3 Å². The number of methoxy groups -OCH3 is 1. The van der Waals surface area contributed by atoms with Crippen molar-refractivity contribution in [1.29, 1.82) is 0 Å². The number of aromatic carboxylic acids is 1. The Balaban J connectivity index is 1.99. The van der Waals surface area contributed by atoms with Crippen LogP contribution in [0, 0.1) is 0 Å². The molecule has 0 atom stereocenters. The minimum atomic E-state index is -0.984. The van der Waals surface area contributed by atoms with E-state index in [1.165, 1.54) is 18.4 Å². The van der Waals surface area contributed by atoms with E-state index in [0.29, 0.717) is 11.5 Å². The van der Waals surface area contributed by atoms with Gasteiger partial charge in [-0.2, -0.15) is 0 Å². The van der Waals surface area contributed by atoms with Crippen LogP contribution in [0.3, 0.4) is 0 Å². The number of ether oxygens (including phenoxy) is 1. The van der Waals surface area contributed by atoms with Crippen LogP contribution in [0.15, 0.2) is 59.1 Å². The van der Waals surface area contributed by atoms with Gasteiger partial charge in [0.1, 0.15) is 11.3 Å². The van der Waals surface area contributed by atoms with Crippen molar-refractivity contribution in [2.75, 3.05) is 7.11 Å². The summed E-state index contributed by atoms with van der Waals surface area (Å²) >= 11 is 3.05. The quantitative estimate of drug-likeness (QED) is 0.642. The summed E-state index contributed by atoms with van der Waals surface area (Å²) in [6.07, 6.45) is 1.71. The fourth-order valence-corrected chi connectivity index (χ4v) is 3.97. The van der Waals surface area contributed by atoms with Crippen LogP contribution in [0.5, 0.6) is 5.75 Å². The maximum Gasteiger partial charge on any atom is 0.339 e. The van der Waals surface area contributed by atoms with Gasteiger partial charge in [-0.15, -0.1) is 23.1 Å². The minimum Gasteiger partial charge on any atom is -0.495 e. The lowest BCUT2D eigenvalue weighted by molar-refractivity contribution is 0.0692. The molecule has 0 radical (unpaired) electrons. The molecule has 1 heterocycles. The molecule has 6 heteroatoms. The number of rotatable bonds is 6. The molecule has 0 unspecified atom stereocenters. The number of hydrogen-bond acceptors (Lipinski definition) is 5. The van der Waals surface area contributed by atoms with E-state index in [2.05, 4.69) is 4.98 Å². The lowest BCUT2D eigenvalue weighted by atomic mass is 10.0. The Morgan fingerprint density at radius 3 is 2.67 bits per heavy atom. The van der Waals surface area contributed by atoms with Gasteiger partial charge in [-0.25, -0.2) is 4.79 Å². The predicted octanol–water partition coefficient (Wildman–Crippen LogP) is 4.81. The molecular weight excluding hydrogens is 342 g/mol. The third-order valence-corrected chi connectivity index (χ3v) is 5.36. The summed E-state index contributed by atoms with van der Waals surface area (Å²) in [7, 11) is 1.50. The highest BCUT2D eigenvalue weighted by Crippen LogP contribution is 2.38. The highest BCUT2D eigenvalue weighted by Gasteiger charge is 2.21. The molecule has 1 N–H and O–H groups in total. The minimum absolute atomic E-state index is 0.215. The Morgan fingerprint density at radius 1 is 1.25 bits per heavy atom. The zero-order valence-electron chi connectivity index (χ0n) is 12.9. The number of hydrogen-bond donors (Lipinski definition) is 1. The standard InChI is InChI=1S/C18H15NO3S2/c1-22-17-14(15-9-19-11-24-15)8-7-12(16(17)18(20)21)10-23-13-5-3-2-4-6-13/h2-9,11H,10H2,1H3,(H,20,21). The topological polar surface area (TPSA) is 59.4 Å². The van der Waals surface area contributed by atoms with Crippen LogP contribution in [0.2, 0.25) is 0 Å². The Labute approximate surface area is 148 Å². The second-order valence-corrected chi connectivity index (χ2v) is 6.89. The number of carbonyl (C=O) groups is 1. The largest absolute Gasteiger partial charge is 0.495 e. The van der Waals surface area contributed by atoms with Crippen molar-refractivity contribution < 1.29 is 14.6 Å². The molecule has 0 bridgehead atoms. The van der Waals surface area contributed by atoms with Crippen molar-refractivity contribution in [2.24, 2.45) is 0 Å². The average Bonchev–Trinajstić information content (AvgIpc) is 3.14. The van der Waals surface area contributed by atoms with Crippen molar-refractivity contribution in [3.63, 3.8) is 0 Å². The number of benzene rings is 2. The Morgan fingerprint density at radius 2 is 2.04 bits per heavy atom. The van der Waals surface area contributed by atoms with Gasteiger partial charge in [0.25, 0.3) is 0 Å². The molecule has 3 aromatic rings. The number of carboxylic acids is 1. The number of nitrogens with zero attached hydrogens (tertiary/aromatic N) is 1. The van der Waals surface area contributed by atoms with E-state index in [-0.39, 0.29) is 5.56 Å². The van der Waals surface area contributed by atoms with Crippen molar-refractivity contribution in [3.8, 4) is 16.2 Å². The molecular formula is C18H15NO3S2. The zero-order valence-corrected chi connectivity index (χ0v) is 14.6. The van der Waals surface area contributed by atoms with Crippen LogP contribution in [0.4, 0.5) is 0 Å². The number of aromatic nitrogens is 1. The maximum atomic E-state index is 11.8. The summed E-state index contributed by atoms with van der Waals surface area (Å²) in [5.74, 6) is -0.0369. The summed E-state index contributed by atoms with van der Waals surface area (Å²) in [5, 5.41) is 9.70. The molecule has 3 rings (SSSR count). The lowest BCUT2D eigenvalue weighted by Crippen LogP contribution is -2.06. The third kappa shape index (κ3) is 3.44. The first-order valence-corrected chi connectivity index (χ1v) is 9.07. The van der Waals surface area contributed by atoms with E-state index in [1.807, 2.05) is 42.5 Å². The molecule has 0 amide bonds. The fourth-order valence-electron chi connectivity index (χ4n) is 2.41. The van der Waals surface area contributed by atoms with Crippen molar-refractivity contribution in [2.45, 2.75) is 10.6 Å². The molecule has 2 aromatic carbocycles. The molecule has 1 aromatic heterocycles. The monoisotopic (exact) mass is 357 g/mol. The van der Waals surface area contributed by atoms with Gasteiger partial charge in [0, 0.05) is 22.4 Å². The number of carboxylic acid groups (broad SMARTS) is 1. The first-order chi connectivity index (χ1) is 11.7. The first kappa shape index (κ1) is 16.5. The summed E-state index contributed by atoms with van der Waals surface area (Å²) in [4.78, 5) is 17.9. The molecule has 0 aliphatic rings. The van der Waals surface area contributed by atoms with E-state index in [4.69, 9.17) is 4.74 Å². The second kappa shape index (κ2) is 7.51. The molecule has 0 saturated carbocycles. The molecule has 4 nitrogen and oxygen atoms in total. The molecule has 0 fully saturated rings. The van der Waals surface area contributed by atoms with E-state index < -0.39 is 5.97 Å². The van der Waals surface area contributed by atoms with Crippen LogP contribution in [-0.4, -0.2) is 23.2 Å². The van der Waals surface area contributed by atoms with Gasteiger partial charge >= 0.3 is 5.97 Å². The second-order valence-electron chi connectivity index (χ2n) is 4.95.